The summed E-state index contributed by atoms with van der Waals surface area (Å²) >= 11 is 12.3. The first-order chi connectivity index (χ1) is 15.0. The van der Waals surface area contributed by atoms with Crippen LogP contribution in [0.1, 0.15) is 21.6 Å². The Labute approximate surface area is 188 Å². The van der Waals surface area contributed by atoms with Gasteiger partial charge in [-0.15, -0.1) is 0 Å². The maximum absolute atomic E-state index is 11.9. The van der Waals surface area contributed by atoms with Gasteiger partial charge in [0, 0.05) is 35.7 Å². The Morgan fingerprint density at radius 1 is 1.13 bits per heavy atom. The second-order valence-electron chi connectivity index (χ2n) is 6.44. The minimum atomic E-state index is -0.456. The summed E-state index contributed by atoms with van der Waals surface area (Å²) in [4.78, 5) is 11.9. The van der Waals surface area contributed by atoms with Gasteiger partial charge in [-0.3, -0.25) is 4.79 Å². The Bertz CT molecular complexity index is 1030. The molecule has 0 radical (unpaired) electrons. The van der Waals surface area contributed by atoms with E-state index in [0.717, 1.165) is 11.1 Å². The molecule has 9 nitrogen and oxygen atoms in total. The predicted octanol–water partition coefficient (Wildman–Crippen LogP) is 3.07. The lowest BCUT2D eigenvalue weighted by atomic mass is 10.2. The molecule has 0 bridgehead atoms. The molecule has 0 aliphatic carbocycles. The molecule has 11 heteroatoms. The van der Waals surface area contributed by atoms with Crippen molar-refractivity contribution in [3.63, 3.8) is 0 Å². The number of carbonyl (C=O) groups is 1. The number of nitrogens with one attached hydrogen (secondary N) is 2. The molecule has 1 aromatic heterocycles. The summed E-state index contributed by atoms with van der Waals surface area (Å²) in [6, 6.07) is 10.9. The van der Waals surface area contributed by atoms with Gasteiger partial charge in [0.15, 0.2) is 11.5 Å². The van der Waals surface area contributed by atoms with E-state index in [2.05, 4.69) is 25.6 Å². The zero-order valence-electron chi connectivity index (χ0n) is 16.7. The summed E-state index contributed by atoms with van der Waals surface area (Å²) in [6.07, 6.45) is 0. The highest BCUT2D eigenvalue weighted by Crippen LogP contribution is 2.34. The van der Waals surface area contributed by atoms with Crippen LogP contribution in [0.4, 0.5) is 5.82 Å². The van der Waals surface area contributed by atoms with E-state index in [4.69, 9.17) is 38.4 Å². The van der Waals surface area contributed by atoms with Gasteiger partial charge in [0.05, 0.1) is 7.11 Å². The van der Waals surface area contributed by atoms with Gasteiger partial charge in [-0.25, -0.2) is 4.63 Å². The molecular formula is C20H21Cl2N5O4. The van der Waals surface area contributed by atoms with Crippen molar-refractivity contribution in [3.05, 3.63) is 63.3 Å². The molecule has 0 aliphatic heterocycles. The monoisotopic (exact) mass is 465 g/mol. The molecule has 1 heterocycles. The summed E-state index contributed by atoms with van der Waals surface area (Å²) in [5.41, 5.74) is 7.24. The van der Waals surface area contributed by atoms with Crippen molar-refractivity contribution < 1.29 is 18.9 Å². The van der Waals surface area contributed by atoms with Crippen LogP contribution in [-0.2, 0) is 13.2 Å². The normalized spacial score (nSPS) is 10.7. The van der Waals surface area contributed by atoms with Crippen molar-refractivity contribution in [2.75, 3.05) is 25.9 Å². The van der Waals surface area contributed by atoms with Gasteiger partial charge in [0.1, 0.15) is 6.61 Å². The average Bonchev–Trinajstić information content (AvgIpc) is 3.20. The van der Waals surface area contributed by atoms with E-state index in [1.54, 1.807) is 25.3 Å². The van der Waals surface area contributed by atoms with Crippen molar-refractivity contribution in [3.8, 4) is 11.5 Å². The van der Waals surface area contributed by atoms with Crippen molar-refractivity contribution in [1.29, 1.82) is 0 Å². The molecule has 3 rings (SSSR count). The first-order valence-electron chi connectivity index (χ1n) is 9.28. The largest absolute Gasteiger partial charge is 0.493 e. The van der Waals surface area contributed by atoms with Crippen LogP contribution < -0.4 is 25.8 Å². The number of methoxy groups -OCH3 is 1. The zero-order chi connectivity index (χ0) is 22.2. The van der Waals surface area contributed by atoms with Crippen LogP contribution in [0.25, 0.3) is 0 Å². The standard InChI is InChI=1S/C20H21Cl2N5O4/c1-29-16-8-13(10-24-6-7-25-20(28)18-19(23)27-31-26-18)15(22)9-17(16)30-11-12-2-4-14(21)5-3-12/h2-5,8-9,24H,6-7,10-11H2,1H3,(H2,23,27)(H,25,28). The Morgan fingerprint density at radius 3 is 2.58 bits per heavy atom. The molecule has 2 aromatic carbocycles. The van der Waals surface area contributed by atoms with Crippen LogP contribution >= 0.6 is 23.2 Å². The molecule has 0 atom stereocenters. The van der Waals surface area contributed by atoms with E-state index < -0.39 is 5.91 Å². The number of ether oxygens (including phenoxy) is 2. The van der Waals surface area contributed by atoms with Gasteiger partial charge >= 0.3 is 0 Å². The number of halogens is 2. The fourth-order valence-corrected chi connectivity index (χ4v) is 3.00. The Balaban J connectivity index is 1.50. The van der Waals surface area contributed by atoms with E-state index in [-0.39, 0.29) is 11.5 Å². The van der Waals surface area contributed by atoms with E-state index in [0.29, 0.717) is 47.8 Å². The van der Waals surface area contributed by atoms with Gasteiger partial charge in [0.25, 0.3) is 5.91 Å². The fraction of sp³-hybridized carbons (Fsp3) is 0.250. The lowest BCUT2D eigenvalue weighted by Crippen LogP contribution is -2.32. The average molecular weight is 466 g/mol. The van der Waals surface area contributed by atoms with Crippen molar-refractivity contribution in [2.24, 2.45) is 0 Å². The summed E-state index contributed by atoms with van der Waals surface area (Å²) in [5.74, 6) is 0.597. The van der Waals surface area contributed by atoms with Crippen molar-refractivity contribution >= 4 is 34.9 Å². The Morgan fingerprint density at radius 2 is 1.90 bits per heavy atom. The molecule has 0 saturated heterocycles. The lowest BCUT2D eigenvalue weighted by Gasteiger charge is -2.14. The number of anilines is 1. The summed E-state index contributed by atoms with van der Waals surface area (Å²) in [7, 11) is 1.57. The number of nitrogen functional groups attached to an aromatic ring is 1. The first-order valence-corrected chi connectivity index (χ1v) is 10.0. The predicted molar refractivity (Wildman–Crippen MR) is 117 cm³/mol. The van der Waals surface area contributed by atoms with Gasteiger partial charge < -0.3 is 25.8 Å². The Kier molecular flexibility index (Phi) is 7.94. The molecular weight excluding hydrogens is 445 g/mol. The van der Waals surface area contributed by atoms with E-state index >= 15 is 0 Å². The highest BCUT2D eigenvalue weighted by molar-refractivity contribution is 6.31. The van der Waals surface area contributed by atoms with Crippen LogP contribution in [-0.4, -0.2) is 36.4 Å². The maximum atomic E-state index is 11.9. The maximum Gasteiger partial charge on any atom is 0.277 e. The van der Waals surface area contributed by atoms with Crippen LogP contribution in [0.2, 0.25) is 10.0 Å². The lowest BCUT2D eigenvalue weighted by molar-refractivity contribution is 0.0944. The molecule has 1 amide bonds. The van der Waals surface area contributed by atoms with Crippen LogP contribution in [0.3, 0.4) is 0 Å². The minimum Gasteiger partial charge on any atom is -0.493 e. The molecule has 164 valence electrons. The quantitative estimate of drug-likeness (QED) is 0.390. The zero-order valence-corrected chi connectivity index (χ0v) is 18.2. The number of amides is 1. The van der Waals surface area contributed by atoms with Gasteiger partial charge in [-0.1, -0.05) is 35.3 Å². The molecule has 0 unspecified atom stereocenters. The SMILES string of the molecule is COc1cc(CNCCNC(=O)c2nonc2N)c(Cl)cc1OCc1ccc(Cl)cc1. The molecule has 4 N–H and O–H groups in total. The summed E-state index contributed by atoms with van der Waals surface area (Å²) in [6.45, 7) is 1.66. The number of benzene rings is 2. The number of aromatic nitrogens is 2. The van der Waals surface area contributed by atoms with Crippen LogP contribution in [0, 0.1) is 0 Å². The third kappa shape index (κ3) is 6.24. The van der Waals surface area contributed by atoms with Gasteiger partial charge in [-0.05, 0) is 39.6 Å². The second kappa shape index (κ2) is 10.9. The molecule has 0 aliphatic rings. The number of nitrogens with zero attached hydrogens (tertiary/aromatic N) is 2. The smallest absolute Gasteiger partial charge is 0.277 e. The number of nitrogens with two attached hydrogens (primary N) is 1. The summed E-state index contributed by atoms with van der Waals surface area (Å²) < 4.78 is 15.7. The third-order valence-electron chi connectivity index (χ3n) is 4.27. The molecule has 3 aromatic rings. The Hall–Kier alpha value is -3.01. The van der Waals surface area contributed by atoms with Crippen molar-refractivity contribution in [2.45, 2.75) is 13.2 Å². The summed E-state index contributed by atoms with van der Waals surface area (Å²) in [5, 5.41) is 13.9. The minimum absolute atomic E-state index is 0.0398. The number of carbonyl (C=O) groups excluding carboxylic acids is 1. The van der Waals surface area contributed by atoms with Crippen molar-refractivity contribution in [1.82, 2.24) is 20.9 Å². The highest BCUT2D eigenvalue weighted by atomic mass is 35.5. The molecule has 0 spiro atoms. The number of rotatable bonds is 10. The van der Waals surface area contributed by atoms with E-state index in [9.17, 15) is 4.79 Å². The van der Waals surface area contributed by atoms with Gasteiger partial charge in [-0.2, -0.15) is 0 Å². The number of hydrogen-bond donors (Lipinski definition) is 3. The van der Waals surface area contributed by atoms with E-state index in [1.807, 2.05) is 18.2 Å². The second-order valence-corrected chi connectivity index (χ2v) is 7.28. The first kappa shape index (κ1) is 22.7. The topological polar surface area (TPSA) is 125 Å². The van der Waals surface area contributed by atoms with Gasteiger partial charge in [0.2, 0.25) is 11.5 Å². The third-order valence-corrected chi connectivity index (χ3v) is 4.88. The fourth-order valence-electron chi connectivity index (χ4n) is 2.65. The molecule has 31 heavy (non-hydrogen) atoms. The number of hydrogen-bond acceptors (Lipinski definition) is 8. The van der Waals surface area contributed by atoms with Crippen LogP contribution in [0.5, 0.6) is 11.5 Å². The van der Waals surface area contributed by atoms with E-state index in [1.165, 1.54) is 0 Å². The van der Waals surface area contributed by atoms with Crippen LogP contribution in [0.15, 0.2) is 41.0 Å². The highest BCUT2D eigenvalue weighted by Gasteiger charge is 2.15. The molecule has 0 saturated carbocycles. The molecule has 0 fully saturated rings.